The minimum Gasteiger partial charge on any atom is -0.328 e. The van der Waals surface area contributed by atoms with Crippen molar-refractivity contribution in [1.29, 1.82) is 0 Å². The second kappa shape index (κ2) is 4.43. The topological polar surface area (TPSA) is 29.3 Å². The van der Waals surface area contributed by atoms with Gasteiger partial charge in [-0.15, -0.1) is 0 Å². The molecule has 0 amide bonds. The molecule has 1 saturated heterocycles. The minimum absolute atomic E-state index is 0.459. The van der Waals surface area contributed by atoms with Crippen LogP contribution in [0.3, 0.4) is 0 Å². The SMILES string of the molecule is CCC(C)(C)CN1CCC(N)CC1. The monoisotopic (exact) mass is 184 g/mol. The van der Waals surface area contributed by atoms with Crippen LogP contribution < -0.4 is 5.73 Å². The summed E-state index contributed by atoms with van der Waals surface area (Å²) in [6.45, 7) is 10.6. The number of hydrogen-bond donors (Lipinski definition) is 1. The van der Waals surface area contributed by atoms with Gasteiger partial charge in [0.25, 0.3) is 0 Å². The van der Waals surface area contributed by atoms with Crippen molar-refractivity contribution in [3.8, 4) is 0 Å². The van der Waals surface area contributed by atoms with Crippen molar-refractivity contribution in [2.75, 3.05) is 19.6 Å². The van der Waals surface area contributed by atoms with E-state index in [1.54, 1.807) is 0 Å². The van der Waals surface area contributed by atoms with Crippen molar-refractivity contribution in [2.45, 2.75) is 46.1 Å². The first-order valence-corrected chi connectivity index (χ1v) is 5.51. The van der Waals surface area contributed by atoms with Crippen LogP contribution in [0.2, 0.25) is 0 Å². The van der Waals surface area contributed by atoms with Gasteiger partial charge in [0, 0.05) is 12.6 Å². The van der Waals surface area contributed by atoms with Gasteiger partial charge in [0.2, 0.25) is 0 Å². The van der Waals surface area contributed by atoms with Crippen molar-refractivity contribution in [3.63, 3.8) is 0 Å². The summed E-state index contributed by atoms with van der Waals surface area (Å²) in [4.78, 5) is 2.56. The summed E-state index contributed by atoms with van der Waals surface area (Å²) in [5, 5.41) is 0. The first-order valence-electron chi connectivity index (χ1n) is 5.51. The summed E-state index contributed by atoms with van der Waals surface area (Å²) in [5.41, 5.74) is 6.34. The van der Waals surface area contributed by atoms with E-state index in [0.717, 1.165) is 0 Å². The Morgan fingerprint density at radius 1 is 1.31 bits per heavy atom. The third-order valence-electron chi connectivity index (χ3n) is 3.24. The highest BCUT2D eigenvalue weighted by molar-refractivity contribution is 4.78. The largest absolute Gasteiger partial charge is 0.328 e. The average Bonchev–Trinajstić information content (AvgIpc) is 2.09. The number of rotatable bonds is 3. The zero-order valence-electron chi connectivity index (χ0n) is 9.34. The fraction of sp³-hybridized carbons (Fsp3) is 1.00. The Morgan fingerprint density at radius 3 is 2.31 bits per heavy atom. The predicted molar refractivity (Wildman–Crippen MR) is 57.7 cm³/mol. The van der Waals surface area contributed by atoms with Gasteiger partial charge in [-0.1, -0.05) is 20.8 Å². The Balaban J connectivity index is 2.30. The van der Waals surface area contributed by atoms with Crippen molar-refractivity contribution in [3.05, 3.63) is 0 Å². The van der Waals surface area contributed by atoms with E-state index < -0.39 is 0 Å². The lowest BCUT2D eigenvalue weighted by molar-refractivity contribution is 0.142. The average molecular weight is 184 g/mol. The molecule has 0 saturated carbocycles. The molecule has 1 aliphatic rings. The molecule has 0 spiro atoms. The third kappa shape index (κ3) is 3.65. The minimum atomic E-state index is 0.459. The van der Waals surface area contributed by atoms with Gasteiger partial charge >= 0.3 is 0 Å². The molecule has 0 radical (unpaired) electrons. The number of nitrogens with zero attached hydrogens (tertiary/aromatic N) is 1. The number of likely N-dealkylation sites (tertiary alicyclic amines) is 1. The molecular weight excluding hydrogens is 160 g/mol. The molecule has 1 rings (SSSR count). The molecule has 78 valence electrons. The van der Waals surface area contributed by atoms with E-state index in [1.165, 1.54) is 38.9 Å². The zero-order valence-corrected chi connectivity index (χ0v) is 9.34. The molecule has 1 heterocycles. The lowest BCUT2D eigenvalue weighted by Gasteiger charge is -2.36. The van der Waals surface area contributed by atoms with Crippen LogP contribution in [-0.2, 0) is 0 Å². The number of hydrogen-bond acceptors (Lipinski definition) is 2. The highest BCUT2D eigenvalue weighted by Gasteiger charge is 2.22. The summed E-state index contributed by atoms with van der Waals surface area (Å²) < 4.78 is 0. The van der Waals surface area contributed by atoms with Crippen LogP contribution in [0.15, 0.2) is 0 Å². The van der Waals surface area contributed by atoms with Gasteiger partial charge in [0.15, 0.2) is 0 Å². The summed E-state index contributed by atoms with van der Waals surface area (Å²) in [6, 6.07) is 0.459. The van der Waals surface area contributed by atoms with E-state index >= 15 is 0 Å². The molecule has 1 aliphatic heterocycles. The normalized spacial score (nSPS) is 22.2. The third-order valence-corrected chi connectivity index (χ3v) is 3.24. The molecule has 0 bridgehead atoms. The van der Waals surface area contributed by atoms with Crippen LogP contribution >= 0.6 is 0 Å². The quantitative estimate of drug-likeness (QED) is 0.725. The van der Waals surface area contributed by atoms with Gasteiger partial charge in [-0.3, -0.25) is 0 Å². The van der Waals surface area contributed by atoms with Crippen LogP contribution in [-0.4, -0.2) is 30.6 Å². The lowest BCUT2D eigenvalue weighted by atomic mass is 9.89. The Hall–Kier alpha value is -0.0800. The molecule has 0 aliphatic carbocycles. The van der Waals surface area contributed by atoms with Gasteiger partial charge in [-0.05, 0) is 37.8 Å². The second-order valence-electron chi connectivity index (χ2n) is 5.13. The molecule has 2 N–H and O–H groups in total. The van der Waals surface area contributed by atoms with Crippen molar-refractivity contribution < 1.29 is 0 Å². The number of nitrogens with two attached hydrogens (primary N) is 1. The first kappa shape index (κ1) is 11.0. The van der Waals surface area contributed by atoms with Crippen LogP contribution in [0, 0.1) is 5.41 Å². The van der Waals surface area contributed by atoms with Gasteiger partial charge in [-0.2, -0.15) is 0 Å². The first-order chi connectivity index (χ1) is 6.03. The maximum absolute atomic E-state index is 5.87. The maximum atomic E-state index is 5.87. The van der Waals surface area contributed by atoms with Crippen LogP contribution in [0.25, 0.3) is 0 Å². The number of piperidine rings is 1. The van der Waals surface area contributed by atoms with Gasteiger partial charge in [-0.25, -0.2) is 0 Å². The smallest absolute Gasteiger partial charge is 0.00631 e. The fourth-order valence-electron chi connectivity index (χ4n) is 1.83. The van der Waals surface area contributed by atoms with E-state index in [-0.39, 0.29) is 0 Å². The molecule has 0 aromatic rings. The molecule has 0 atom stereocenters. The van der Waals surface area contributed by atoms with Crippen LogP contribution in [0.4, 0.5) is 0 Å². The Kier molecular flexibility index (Phi) is 3.74. The summed E-state index contributed by atoms with van der Waals surface area (Å²) >= 11 is 0. The van der Waals surface area contributed by atoms with E-state index in [1.807, 2.05) is 0 Å². The van der Waals surface area contributed by atoms with Gasteiger partial charge in [0.05, 0.1) is 0 Å². The van der Waals surface area contributed by atoms with Crippen LogP contribution in [0.1, 0.15) is 40.0 Å². The highest BCUT2D eigenvalue weighted by Crippen LogP contribution is 2.22. The van der Waals surface area contributed by atoms with Gasteiger partial charge < -0.3 is 10.6 Å². The molecule has 1 fully saturated rings. The molecule has 0 aromatic heterocycles. The second-order valence-corrected chi connectivity index (χ2v) is 5.13. The van der Waals surface area contributed by atoms with Crippen molar-refractivity contribution in [1.82, 2.24) is 4.90 Å². The Bertz CT molecular complexity index is 146. The van der Waals surface area contributed by atoms with E-state index in [4.69, 9.17) is 5.73 Å². The van der Waals surface area contributed by atoms with Crippen molar-refractivity contribution in [2.24, 2.45) is 11.1 Å². The standard InChI is InChI=1S/C11H24N2/c1-4-11(2,3)9-13-7-5-10(12)6-8-13/h10H,4-9,12H2,1-3H3. The van der Waals surface area contributed by atoms with Crippen molar-refractivity contribution >= 4 is 0 Å². The fourth-order valence-corrected chi connectivity index (χ4v) is 1.83. The predicted octanol–water partition coefficient (Wildman–Crippen LogP) is 1.85. The molecular formula is C11H24N2. The van der Waals surface area contributed by atoms with E-state index in [9.17, 15) is 0 Å². The molecule has 2 heteroatoms. The molecule has 13 heavy (non-hydrogen) atoms. The highest BCUT2D eigenvalue weighted by atomic mass is 15.1. The molecule has 0 aromatic carbocycles. The van der Waals surface area contributed by atoms with E-state index in [0.29, 0.717) is 11.5 Å². The van der Waals surface area contributed by atoms with Crippen LogP contribution in [0.5, 0.6) is 0 Å². The maximum Gasteiger partial charge on any atom is 0.00631 e. The summed E-state index contributed by atoms with van der Waals surface area (Å²) in [7, 11) is 0. The Morgan fingerprint density at radius 2 is 1.85 bits per heavy atom. The molecule has 0 unspecified atom stereocenters. The van der Waals surface area contributed by atoms with E-state index in [2.05, 4.69) is 25.7 Å². The summed E-state index contributed by atoms with van der Waals surface area (Å²) in [6.07, 6.45) is 3.62. The van der Waals surface area contributed by atoms with Gasteiger partial charge in [0.1, 0.15) is 0 Å². The zero-order chi connectivity index (χ0) is 9.90. The lowest BCUT2D eigenvalue weighted by Crippen LogP contribution is -2.43. The summed E-state index contributed by atoms with van der Waals surface area (Å²) in [5.74, 6) is 0. The molecule has 2 nitrogen and oxygen atoms in total. The Labute approximate surface area is 82.5 Å².